The van der Waals surface area contributed by atoms with Crippen molar-refractivity contribution in [3.63, 3.8) is 0 Å². The third-order valence-corrected chi connectivity index (χ3v) is 2.39. The Morgan fingerprint density at radius 1 is 1.29 bits per heavy atom. The van der Waals surface area contributed by atoms with E-state index in [0.717, 1.165) is 0 Å². The summed E-state index contributed by atoms with van der Waals surface area (Å²) in [6, 6.07) is 8.38. The first-order valence-electron chi connectivity index (χ1n) is 5.06. The van der Waals surface area contributed by atoms with Crippen LogP contribution >= 0.6 is 0 Å². The average molecular weight is 243 g/mol. The molecule has 1 aromatic carbocycles. The van der Waals surface area contributed by atoms with E-state index < -0.39 is 18.5 Å². The molecule has 0 radical (unpaired) electrons. The minimum absolute atomic E-state index is 0.216. The van der Waals surface area contributed by atoms with Crippen LogP contribution < -0.4 is 4.74 Å². The standard InChI is InChI=1S/C12H12F3NO/c1-17-11-4-2-9(3-5-11)10(8-16)6-7-12(13,14)15/h2-5,10H,6-7H2,1H3/t10-/m1/s1. The van der Waals surface area contributed by atoms with Crippen molar-refractivity contribution < 1.29 is 17.9 Å². The second-order valence-corrected chi connectivity index (χ2v) is 3.61. The topological polar surface area (TPSA) is 33.0 Å². The summed E-state index contributed by atoms with van der Waals surface area (Å²) in [6.07, 6.45) is -5.38. The van der Waals surface area contributed by atoms with Gasteiger partial charge in [0.05, 0.1) is 19.1 Å². The fraction of sp³-hybridized carbons (Fsp3) is 0.417. The van der Waals surface area contributed by atoms with Crippen molar-refractivity contribution in [2.45, 2.75) is 24.9 Å². The number of hydrogen-bond acceptors (Lipinski definition) is 2. The van der Waals surface area contributed by atoms with E-state index in [4.69, 9.17) is 10.00 Å². The van der Waals surface area contributed by atoms with Crippen LogP contribution in [0.4, 0.5) is 13.2 Å². The lowest BCUT2D eigenvalue weighted by Gasteiger charge is -2.11. The zero-order valence-corrected chi connectivity index (χ0v) is 9.29. The third kappa shape index (κ3) is 4.35. The Morgan fingerprint density at radius 3 is 2.29 bits per heavy atom. The van der Waals surface area contributed by atoms with Crippen molar-refractivity contribution in [2.24, 2.45) is 0 Å². The third-order valence-electron chi connectivity index (χ3n) is 2.39. The SMILES string of the molecule is COc1ccc([C@@H](C#N)CCC(F)(F)F)cc1. The maximum atomic E-state index is 12.1. The molecule has 0 heterocycles. The maximum absolute atomic E-state index is 12.1. The fourth-order valence-electron chi connectivity index (χ4n) is 1.45. The molecule has 17 heavy (non-hydrogen) atoms. The Kier molecular flexibility index (Phi) is 4.38. The molecule has 1 aromatic rings. The zero-order chi connectivity index (χ0) is 12.9. The van der Waals surface area contributed by atoms with Crippen LogP contribution in [-0.2, 0) is 0 Å². The van der Waals surface area contributed by atoms with Crippen molar-refractivity contribution in [3.05, 3.63) is 29.8 Å². The van der Waals surface area contributed by atoms with E-state index in [0.29, 0.717) is 11.3 Å². The highest BCUT2D eigenvalue weighted by Crippen LogP contribution is 2.29. The number of halogens is 3. The van der Waals surface area contributed by atoms with Gasteiger partial charge in [0, 0.05) is 6.42 Å². The quantitative estimate of drug-likeness (QED) is 0.808. The van der Waals surface area contributed by atoms with E-state index in [2.05, 4.69) is 0 Å². The fourth-order valence-corrected chi connectivity index (χ4v) is 1.45. The number of hydrogen-bond donors (Lipinski definition) is 0. The molecule has 0 saturated heterocycles. The summed E-state index contributed by atoms with van der Waals surface area (Å²) in [4.78, 5) is 0. The summed E-state index contributed by atoms with van der Waals surface area (Å²) >= 11 is 0. The van der Waals surface area contributed by atoms with Crippen molar-refractivity contribution in [2.75, 3.05) is 7.11 Å². The predicted molar refractivity (Wildman–Crippen MR) is 56.6 cm³/mol. The summed E-state index contributed by atoms with van der Waals surface area (Å²) in [5.74, 6) is -0.121. The summed E-state index contributed by atoms with van der Waals surface area (Å²) in [5, 5.41) is 8.85. The molecule has 0 aromatic heterocycles. The van der Waals surface area contributed by atoms with Gasteiger partial charge in [-0.25, -0.2) is 0 Å². The highest BCUT2D eigenvalue weighted by Gasteiger charge is 2.28. The number of alkyl halides is 3. The van der Waals surface area contributed by atoms with Crippen LogP contribution in [0, 0.1) is 11.3 Å². The molecule has 0 fully saturated rings. The summed E-state index contributed by atoms with van der Waals surface area (Å²) < 4.78 is 41.1. The molecule has 0 aliphatic heterocycles. The Balaban J connectivity index is 2.70. The Labute approximate surface area is 97.6 Å². The summed E-state index contributed by atoms with van der Waals surface area (Å²) in [6.45, 7) is 0. The molecular formula is C12H12F3NO. The molecular weight excluding hydrogens is 231 g/mol. The monoisotopic (exact) mass is 243 g/mol. The molecule has 1 rings (SSSR count). The Morgan fingerprint density at radius 2 is 1.88 bits per heavy atom. The lowest BCUT2D eigenvalue weighted by molar-refractivity contribution is -0.135. The van der Waals surface area contributed by atoms with E-state index in [9.17, 15) is 13.2 Å². The van der Waals surface area contributed by atoms with Gasteiger partial charge in [-0.3, -0.25) is 0 Å². The van der Waals surface area contributed by atoms with Crippen LogP contribution in [0.15, 0.2) is 24.3 Å². The van der Waals surface area contributed by atoms with Crippen LogP contribution in [0.25, 0.3) is 0 Å². The minimum atomic E-state index is -4.22. The van der Waals surface area contributed by atoms with Gasteiger partial charge in [-0.1, -0.05) is 12.1 Å². The van der Waals surface area contributed by atoms with E-state index in [1.54, 1.807) is 24.3 Å². The van der Waals surface area contributed by atoms with E-state index >= 15 is 0 Å². The first kappa shape index (κ1) is 13.4. The smallest absolute Gasteiger partial charge is 0.389 e. The second-order valence-electron chi connectivity index (χ2n) is 3.61. The number of nitrogens with zero attached hydrogens (tertiary/aromatic N) is 1. The van der Waals surface area contributed by atoms with Gasteiger partial charge < -0.3 is 4.74 Å². The lowest BCUT2D eigenvalue weighted by atomic mass is 9.95. The first-order chi connectivity index (χ1) is 7.96. The lowest BCUT2D eigenvalue weighted by Crippen LogP contribution is -2.09. The van der Waals surface area contributed by atoms with Crippen molar-refractivity contribution in [1.82, 2.24) is 0 Å². The van der Waals surface area contributed by atoms with Gasteiger partial charge in [-0.15, -0.1) is 0 Å². The Hall–Kier alpha value is -1.70. The number of benzene rings is 1. The highest BCUT2D eigenvalue weighted by atomic mass is 19.4. The van der Waals surface area contributed by atoms with Gasteiger partial charge in [-0.05, 0) is 24.1 Å². The molecule has 0 spiro atoms. The van der Waals surface area contributed by atoms with Crippen LogP contribution in [0.1, 0.15) is 24.3 Å². The van der Waals surface area contributed by atoms with Gasteiger partial charge in [0.1, 0.15) is 5.75 Å². The van der Waals surface area contributed by atoms with Gasteiger partial charge in [0.25, 0.3) is 0 Å². The normalized spacial score (nSPS) is 12.9. The number of nitriles is 1. The maximum Gasteiger partial charge on any atom is 0.389 e. The van der Waals surface area contributed by atoms with Crippen LogP contribution in [-0.4, -0.2) is 13.3 Å². The largest absolute Gasteiger partial charge is 0.497 e. The summed E-state index contributed by atoms with van der Waals surface area (Å²) in [5.41, 5.74) is 0.581. The van der Waals surface area contributed by atoms with Gasteiger partial charge >= 0.3 is 6.18 Å². The summed E-state index contributed by atoms with van der Waals surface area (Å²) in [7, 11) is 1.50. The molecule has 0 amide bonds. The molecule has 5 heteroatoms. The molecule has 0 bridgehead atoms. The van der Waals surface area contributed by atoms with Gasteiger partial charge in [-0.2, -0.15) is 18.4 Å². The molecule has 1 atom stereocenters. The predicted octanol–water partition coefficient (Wildman–Crippen LogP) is 3.64. The molecule has 2 nitrogen and oxygen atoms in total. The number of ether oxygens (including phenoxy) is 1. The van der Waals surface area contributed by atoms with Crippen LogP contribution in [0.3, 0.4) is 0 Å². The minimum Gasteiger partial charge on any atom is -0.497 e. The first-order valence-corrected chi connectivity index (χ1v) is 5.06. The molecule has 0 N–H and O–H groups in total. The van der Waals surface area contributed by atoms with Crippen LogP contribution in [0.2, 0.25) is 0 Å². The molecule has 0 unspecified atom stereocenters. The molecule has 0 aliphatic rings. The van der Waals surface area contributed by atoms with E-state index in [-0.39, 0.29) is 6.42 Å². The van der Waals surface area contributed by atoms with Gasteiger partial charge in [0.2, 0.25) is 0 Å². The number of rotatable bonds is 4. The zero-order valence-electron chi connectivity index (χ0n) is 9.29. The van der Waals surface area contributed by atoms with E-state index in [1.807, 2.05) is 6.07 Å². The van der Waals surface area contributed by atoms with Crippen LogP contribution in [0.5, 0.6) is 5.75 Å². The molecule has 92 valence electrons. The number of methoxy groups -OCH3 is 1. The second kappa shape index (κ2) is 5.58. The van der Waals surface area contributed by atoms with E-state index in [1.165, 1.54) is 7.11 Å². The van der Waals surface area contributed by atoms with Crippen molar-refractivity contribution >= 4 is 0 Å². The molecule has 0 saturated carbocycles. The highest BCUT2D eigenvalue weighted by molar-refractivity contribution is 5.31. The van der Waals surface area contributed by atoms with Gasteiger partial charge in [0.15, 0.2) is 0 Å². The molecule has 0 aliphatic carbocycles. The van der Waals surface area contributed by atoms with Crippen molar-refractivity contribution in [1.29, 1.82) is 5.26 Å². The average Bonchev–Trinajstić information content (AvgIpc) is 2.29. The Bertz CT molecular complexity index is 392. The van der Waals surface area contributed by atoms with Crippen molar-refractivity contribution in [3.8, 4) is 11.8 Å².